The van der Waals surface area contributed by atoms with Crippen LogP contribution in [0.4, 0.5) is 17.1 Å². The molecule has 0 radical (unpaired) electrons. The van der Waals surface area contributed by atoms with Crippen LogP contribution in [-0.2, 0) is 5.41 Å². The Labute approximate surface area is 405 Å². The van der Waals surface area contributed by atoms with Gasteiger partial charge in [-0.05, 0) is 134 Å². The van der Waals surface area contributed by atoms with Gasteiger partial charge in [0.25, 0.3) is 0 Å². The summed E-state index contributed by atoms with van der Waals surface area (Å²) < 4.78 is 9.22. The summed E-state index contributed by atoms with van der Waals surface area (Å²) in [5.74, 6) is 0. The zero-order valence-corrected chi connectivity index (χ0v) is 38.1. The summed E-state index contributed by atoms with van der Waals surface area (Å²) in [5.41, 5.74) is 23.0. The van der Waals surface area contributed by atoms with E-state index in [1.54, 1.807) is 0 Å². The number of hydrogen-bond donors (Lipinski definition) is 0. The summed E-state index contributed by atoms with van der Waals surface area (Å²) in [4.78, 5) is 2.49. The second-order valence-electron chi connectivity index (χ2n) is 18.7. The van der Waals surface area contributed by atoms with E-state index in [9.17, 15) is 0 Å². The Morgan fingerprint density at radius 3 is 1.61 bits per heavy atom. The highest BCUT2D eigenvalue weighted by Gasteiger charge is 2.51. The lowest BCUT2D eigenvalue weighted by molar-refractivity contribution is 0.669. The fourth-order valence-corrected chi connectivity index (χ4v) is 12.3. The van der Waals surface area contributed by atoms with E-state index < -0.39 is 5.41 Å². The molecule has 0 bridgehead atoms. The van der Waals surface area contributed by atoms with Gasteiger partial charge in [0, 0.05) is 33.1 Å². The summed E-state index contributed by atoms with van der Waals surface area (Å²) in [6.07, 6.45) is 0. The van der Waals surface area contributed by atoms with Crippen molar-refractivity contribution in [2.75, 3.05) is 4.90 Å². The molecule has 0 amide bonds. The van der Waals surface area contributed by atoms with Gasteiger partial charge in [-0.3, -0.25) is 0 Å². The van der Waals surface area contributed by atoms with Crippen LogP contribution in [0.15, 0.2) is 259 Å². The third-order valence-corrected chi connectivity index (χ3v) is 15.2. The van der Waals surface area contributed by atoms with Gasteiger partial charge in [-0.1, -0.05) is 182 Å². The summed E-state index contributed by atoms with van der Waals surface area (Å²) in [6.45, 7) is 0. The number of anilines is 3. The van der Waals surface area contributed by atoms with Crippen molar-refractivity contribution in [3.05, 3.63) is 277 Å². The van der Waals surface area contributed by atoms with Crippen molar-refractivity contribution in [1.29, 1.82) is 0 Å². The normalized spacial score (nSPS) is 13.0. The minimum Gasteiger partial charge on any atom is -0.456 e. The molecule has 2 aromatic heterocycles. The van der Waals surface area contributed by atoms with Crippen molar-refractivity contribution in [2.45, 2.75) is 5.41 Å². The van der Waals surface area contributed by atoms with Crippen LogP contribution < -0.4 is 4.90 Å². The molecule has 0 unspecified atom stereocenters. The first kappa shape index (κ1) is 38.9. The van der Waals surface area contributed by atoms with Gasteiger partial charge in [-0.2, -0.15) is 0 Å². The maximum absolute atomic E-state index is 6.84. The lowest BCUT2D eigenvalue weighted by Gasteiger charge is -2.33. The van der Waals surface area contributed by atoms with Gasteiger partial charge in [-0.25, -0.2) is 0 Å². The maximum atomic E-state index is 6.84. The fraction of sp³-hybridized carbons (Fsp3) is 0.0149. The Kier molecular flexibility index (Phi) is 8.28. The second kappa shape index (κ2) is 14.9. The van der Waals surface area contributed by atoms with Crippen LogP contribution in [0.2, 0.25) is 0 Å². The molecule has 3 heteroatoms. The monoisotopic (exact) mass is 890 g/mol. The van der Waals surface area contributed by atoms with Crippen molar-refractivity contribution >= 4 is 60.8 Å². The Morgan fingerprint density at radius 2 is 0.886 bits per heavy atom. The van der Waals surface area contributed by atoms with E-state index >= 15 is 0 Å². The molecule has 2 heterocycles. The van der Waals surface area contributed by atoms with Crippen molar-refractivity contribution in [1.82, 2.24) is 4.57 Å². The first-order chi connectivity index (χ1) is 34.7. The predicted octanol–water partition coefficient (Wildman–Crippen LogP) is 17.8. The van der Waals surface area contributed by atoms with Gasteiger partial charge >= 0.3 is 0 Å². The Hall–Kier alpha value is -9.18. The van der Waals surface area contributed by atoms with Crippen LogP contribution in [0.3, 0.4) is 0 Å². The molecule has 0 saturated heterocycles. The number of benzene rings is 11. The molecule has 326 valence electrons. The molecule has 2 aliphatic carbocycles. The number of rotatable bonds is 6. The number of fused-ring (bicyclic) bond motifs is 16. The summed E-state index contributed by atoms with van der Waals surface area (Å²) in [6, 6.07) is 93.5. The minimum atomic E-state index is -0.489. The average Bonchev–Trinajstić information content (AvgIpc) is 4.15. The number of para-hydroxylation sites is 3. The van der Waals surface area contributed by atoms with Gasteiger partial charge < -0.3 is 13.9 Å². The molecule has 3 nitrogen and oxygen atoms in total. The van der Waals surface area contributed by atoms with Crippen LogP contribution in [0.1, 0.15) is 22.3 Å². The zero-order valence-electron chi connectivity index (χ0n) is 38.1. The molecule has 11 aromatic carbocycles. The summed E-state index contributed by atoms with van der Waals surface area (Å²) in [7, 11) is 0. The molecule has 15 rings (SSSR count). The Bertz CT molecular complexity index is 4190. The third-order valence-electron chi connectivity index (χ3n) is 15.2. The van der Waals surface area contributed by atoms with Crippen molar-refractivity contribution in [3.63, 3.8) is 0 Å². The number of nitrogens with zero attached hydrogens (tertiary/aromatic N) is 2. The minimum absolute atomic E-state index is 0.489. The van der Waals surface area contributed by atoms with Gasteiger partial charge in [-0.15, -0.1) is 0 Å². The highest BCUT2D eigenvalue weighted by Crippen LogP contribution is 2.63. The molecule has 0 N–H and O–H groups in total. The average molecular weight is 891 g/mol. The quantitative estimate of drug-likeness (QED) is 0.166. The molecule has 0 fully saturated rings. The van der Waals surface area contributed by atoms with Gasteiger partial charge in [0.05, 0.1) is 33.2 Å². The molecule has 0 atom stereocenters. The maximum Gasteiger partial charge on any atom is 0.137 e. The zero-order chi connectivity index (χ0) is 45.9. The van der Waals surface area contributed by atoms with E-state index in [2.05, 4.69) is 264 Å². The van der Waals surface area contributed by atoms with Crippen LogP contribution in [-0.4, -0.2) is 4.57 Å². The molecular weight excluding hydrogens is 849 g/mol. The number of furan rings is 1. The van der Waals surface area contributed by atoms with Gasteiger partial charge in [0.1, 0.15) is 11.2 Å². The lowest BCUT2D eigenvalue weighted by Crippen LogP contribution is -2.26. The largest absolute Gasteiger partial charge is 0.456 e. The Balaban J connectivity index is 0.972. The molecular formula is C67H42N2O. The van der Waals surface area contributed by atoms with Gasteiger partial charge in [0.2, 0.25) is 0 Å². The second-order valence-corrected chi connectivity index (χ2v) is 18.7. The first-order valence-corrected chi connectivity index (χ1v) is 24.2. The van der Waals surface area contributed by atoms with Crippen molar-refractivity contribution < 1.29 is 4.42 Å². The highest BCUT2D eigenvalue weighted by molar-refractivity contribution is 6.16. The van der Waals surface area contributed by atoms with E-state index in [4.69, 9.17) is 4.42 Å². The molecule has 13 aromatic rings. The first-order valence-electron chi connectivity index (χ1n) is 24.2. The predicted molar refractivity (Wildman–Crippen MR) is 290 cm³/mol. The molecule has 0 saturated carbocycles. The van der Waals surface area contributed by atoms with Crippen LogP contribution in [0, 0.1) is 0 Å². The summed E-state index contributed by atoms with van der Waals surface area (Å²) >= 11 is 0. The van der Waals surface area contributed by atoms with Crippen molar-refractivity contribution in [2.24, 2.45) is 0 Å². The Morgan fingerprint density at radius 1 is 0.329 bits per heavy atom. The molecule has 70 heavy (non-hydrogen) atoms. The van der Waals surface area contributed by atoms with Crippen LogP contribution in [0.5, 0.6) is 0 Å². The lowest BCUT2D eigenvalue weighted by atomic mass is 9.70. The highest BCUT2D eigenvalue weighted by atomic mass is 16.3. The van der Waals surface area contributed by atoms with Gasteiger partial charge in [0.15, 0.2) is 0 Å². The smallest absolute Gasteiger partial charge is 0.137 e. The van der Waals surface area contributed by atoms with Crippen LogP contribution in [0.25, 0.3) is 93.9 Å². The molecule has 0 aliphatic heterocycles. The number of aromatic nitrogens is 1. The van der Waals surface area contributed by atoms with Crippen LogP contribution >= 0.6 is 0 Å². The van der Waals surface area contributed by atoms with Crippen molar-refractivity contribution in [3.8, 4) is 50.2 Å². The van der Waals surface area contributed by atoms with E-state index in [0.29, 0.717) is 0 Å². The fourth-order valence-electron chi connectivity index (χ4n) is 12.3. The van der Waals surface area contributed by atoms with E-state index in [1.807, 2.05) is 0 Å². The molecule has 1 spiro atoms. The summed E-state index contributed by atoms with van der Waals surface area (Å²) in [5, 5.41) is 4.60. The SMILES string of the molecule is c1ccc(-c2ccccc2N(c2ccc3c(c2)C2(c4ccccc4-c4ccccc42)c2ccccc2-3)c2cccc3oc4ccc(-c5ccc6c(c5)c5ccccc5n6-c5ccccc5)cc4c23)cc1. The standard InChI is InChI=1S/C67H42N2O/c1-3-18-43(19-4-1)48-22-10-15-30-60(48)69(47-36-37-52-51-25-9-14-29-58(51)67(59(52)42-47)56-27-12-7-23-49(56)50-24-8-13-28-57(50)67)63-32-17-33-65-66(63)55-41-45(35-39-64(55)70-65)44-34-38-62-54(40-44)53-26-11-16-31-61(53)68(62)46-20-5-2-6-21-46/h1-42H. The number of hydrogen-bond acceptors (Lipinski definition) is 2. The van der Waals surface area contributed by atoms with E-state index in [0.717, 1.165) is 66.9 Å². The topological polar surface area (TPSA) is 21.3 Å². The third kappa shape index (κ3) is 5.40. The van der Waals surface area contributed by atoms with E-state index in [1.165, 1.54) is 66.3 Å². The van der Waals surface area contributed by atoms with E-state index in [-0.39, 0.29) is 0 Å². The molecule has 2 aliphatic rings.